The number of H-pyrrole nitrogens is 1. The van der Waals surface area contributed by atoms with E-state index in [2.05, 4.69) is 26.1 Å². The lowest BCUT2D eigenvalue weighted by atomic mass is 10.00. The first kappa shape index (κ1) is 16.4. The number of fused-ring (bicyclic) bond motifs is 1. The van der Waals surface area contributed by atoms with Gasteiger partial charge in [0.1, 0.15) is 0 Å². The molecular formula is C17H23N5O2. The van der Waals surface area contributed by atoms with Crippen LogP contribution < -0.4 is 16.0 Å². The summed E-state index contributed by atoms with van der Waals surface area (Å²) in [5, 5.41) is 16.7. The third kappa shape index (κ3) is 4.11. The predicted molar refractivity (Wildman–Crippen MR) is 91.6 cm³/mol. The molecule has 1 aliphatic heterocycles. The van der Waals surface area contributed by atoms with Crippen LogP contribution in [0.25, 0.3) is 10.9 Å². The fourth-order valence-corrected chi connectivity index (χ4v) is 2.95. The maximum atomic E-state index is 12.2. The van der Waals surface area contributed by atoms with E-state index in [1.807, 2.05) is 24.3 Å². The Kier molecular flexibility index (Phi) is 5.43. The summed E-state index contributed by atoms with van der Waals surface area (Å²) in [6.45, 7) is 3.03. The minimum atomic E-state index is -0.267. The largest absolute Gasteiger partial charge is 0.356 e. The van der Waals surface area contributed by atoms with E-state index in [4.69, 9.17) is 0 Å². The number of hydrogen-bond donors (Lipinski definition) is 4. The number of amides is 2. The van der Waals surface area contributed by atoms with Gasteiger partial charge in [0.2, 0.25) is 5.91 Å². The van der Waals surface area contributed by atoms with E-state index >= 15 is 0 Å². The number of carbonyl (C=O) groups is 2. The van der Waals surface area contributed by atoms with Gasteiger partial charge < -0.3 is 16.0 Å². The number of aromatic amines is 1. The normalized spacial score (nSPS) is 17.6. The fourth-order valence-electron chi connectivity index (χ4n) is 2.95. The highest BCUT2D eigenvalue weighted by molar-refractivity contribution is 6.04. The van der Waals surface area contributed by atoms with Crippen LogP contribution in [0.4, 0.5) is 0 Å². The van der Waals surface area contributed by atoms with Gasteiger partial charge >= 0.3 is 0 Å². The number of carbonyl (C=O) groups excluding carboxylic acids is 2. The molecule has 7 heteroatoms. The maximum absolute atomic E-state index is 12.2. The summed E-state index contributed by atoms with van der Waals surface area (Å²) in [4.78, 5) is 24.0. The van der Waals surface area contributed by atoms with Crippen LogP contribution in [-0.4, -0.2) is 48.2 Å². The van der Waals surface area contributed by atoms with Gasteiger partial charge in [-0.2, -0.15) is 5.10 Å². The van der Waals surface area contributed by atoms with Crippen molar-refractivity contribution in [2.75, 3.05) is 26.2 Å². The van der Waals surface area contributed by atoms with Crippen LogP contribution in [0.5, 0.6) is 0 Å². The quantitative estimate of drug-likeness (QED) is 0.630. The molecule has 1 unspecified atom stereocenters. The molecule has 128 valence electrons. The van der Waals surface area contributed by atoms with Gasteiger partial charge in [-0.1, -0.05) is 18.2 Å². The average Bonchev–Trinajstić information content (AvgIpc) is 3.05. The van der Waals surface area contributed by atoms with Crippen LogP contribution in [0, 0.1) is 5.92 Å². The van der Waals surface area contributed by atoms with Crippen molar-refractivity contribution in [2.45, 2.75) is 19.3 Å². The third-order valence-electron chi connectivity index (χ3n) is 4.31. The number of rotatable bonds is 6. The van der Waals surface area contributed by atoms with Crippen molar-refractivity contribution in [1.29, 1.82) is 0 Å². The van der Waals surface area contributed by atoms with Crippen LogP contribution in [0.1, 0.15) is 29.8 Å². The number of aromatic nitrogens is 2. The van der Waals surface area contributed by atoms with Crippen molar-refractivity contribution in [1.82, 2.24) is 26.1 Å². The summed E-state index contributed by atoms with van der Waals surface area (Å²) in [5.41, 5.74) is 1.18. The molecule has 0 bridgehead atoms. The Labute approximate surface area is 140 Å². The molecule has 0 saturated carbocycles. The zero-order chi connectivity index (χ0) is 16.8. The van der Waals surface area contributed by atoms with Crippen LogP contribution >= 0.6 is 0 Å². The van der Waals surface area contributed by atoms with Crippen LogP contribution in [-0.2, 0) is 4.79 Å². The average molecular weight is 329 g/mol. The molecule has 3 rings (SSSR count). The number of para-hydroxylation sites is 1. The van der Waals surface area contributed by atoms with E-state index in [-0.39, 0.29) is 18.2 Å². The summed E-state index contributed by atoms with van der Waals surface area (Å²) in [6.07, 6.45) is 2.58. The number of hydrogen-bond acceptors (Lipinski definition) is 4. The Morgan fingerprint density at radius 2 is 2.12 bits per heavy atom. The second kappa shape index (κ2) is 7.92. The predicted octanol–water partition coefficient (Wildman–Crippen LogP) is 0.799. The second-order valence-electron chi connectivity index (χ2n) is 6.14. The molecule has 1 saturated heterocycles. The van der Waals surface area contributed by atoms with Crippen LogP contribution in [0.2, 0.25) is 0 Å². The SMILES string of the molecule is O=C(CCNC(=O)c1n[nH]c2ccccc12)NCC1CCCNC1. The lowest BCUT2D eigenvalue weighted by Gasteiger charge is -2.22. The minimum Gasteiger partial charge on any atom is -0.356 e. The molecule has 0 radical (unpaired) electrons. The molecule has 0 aliphatic carbocycles. The topological polar surface area (TPSA) is 98.9 Å². The maximum Gasteiger partial charge on any atom is 0.272 e. The summed E-state index contributed by atoms with van der Waals surface area (Å²) < 4.78 is 0. The summed E-state index contributed by atoms with van der Waals surface area (Å²) in [6, 6.07) is 7.46. The van der Waals surface area contributed by atoms with Gasteiger partial charge in [0.15, 0.2) is 5.69 Å². The Hall–Kier alpha value is -2.41. The zero-order valence-corrected chi connectivity index (χ0v) is 13.6. The smallest absolute Gasteiger partial charge is 0.272 e. The van der Waals surface area contributed by atoms with Gasteiger partial charge in [-0.05, 0) is 37.9 Å². The highest BCUT2D eigenvalue weighted by Crippen LogP contribution is 2.14. The fraction of sp³-hybridized carbons (Fsp3) is 0.471. The minimum absolute atomic E-state index is 0.0345. The van der Waals surface area contributed by atoms with E-state index in [0.717, 1.165) is 36.8 Å². The van der Waals surface area contributed by atoms with Gasteiger partial charge in [-0.25, -0.2) is 0 Å². The molecule has 24 heavy (non-hydrogen) atoms. The van der Waals surface area contributed by atoms with Gasteiger partial charge in [-0.3, -0.25) is 14.7 Å². The molecule has 1 atom stereocenters. The van der Waals surface area contributed by atoms with Gasteiger partial charge in [0, 0.05) is 24.9 Å². The van der Waals surface area contributed by atoms with Crippen molar-refractivity contribution in [3.8, 4) is 0 Å². The summed E-state index contributed by atoms with van der Waals surface area (Å²) in [5.74, 6) is 0.206. The molecule has 0 spiro atoms. The van der Waals surface area contributed by atoms with Crippen molar-refractivity contribution < 1.29 is 9.59 Å². The first-order valence-electron chi connectivity index (χ1n) is 8.43. The molecule has 1 aromatic carbocycles. The van der Waals surface area contributed by atoms with Crippen LogP contribution in [0.3, 0.4) is 0 Å². The van der Waals surface area contributed by atoms with Crippen molar-refractivity contribution in [3.63, 3.8) is 0 Å². The van der Waals surface area contributed by atoms with Crippen molar-refractivity contribution >= 4 is 22.7 Å². The molecule has 1 aromatic heterocycles. The van der Waals surface area contributed by atoms with Gasteiger partial charge in [0.25, 0.3) is 5.91 Å². The molecule has 1 fully saturated rings. The number of piperidine rings is 1. The highest BCUT2D eigenvalue weighted by Gasteiger charge is 2.15. The molecule has 2 heterocycles. The van der Waals surface area contributed by atoms with E-state index in [1.165, 1.54) is 0 Å². The number of nitrogens with one attached hydrogen (secondary N) is 4. The molecule has 2 amide bonds. The molecule has 4 N–H and O–H groups in total. The standard InChI is InChI=1S/C17H23N5O2/c23-15(20-11-12-4-3-8-18-10-12)7-9-19-17(24)16-13-5-1-2-6-14(13)21-22-16/h1-2,5-6,12,18H,3-4,7-11H2,(H,19,24)(H,20,23)(H,21,22). The molecule has 1 aliphatic rings. The van der Waals surface area contributed by atoms with Crippen LogP contribution in [0.15, 0.2) is 24.3 Å². The number of nitrogens with zero attached hydrogens (tertiary/aromatic N) is 1. The first-order valence-corrected chi connectivity index (χ1v) is 8.43. The highest BCUT2D eigenvalue weighted by atomic mass is 16.2. The Bertz CT molecular complexity index is 706. The Morgan fingerprint density at radius 1 is 1.25 bits per heavy atom. The van der Waals surface area contributed by atoms with Gasteiger partial charge in [-0.15, -0.1) is 0 Å². The van der Waals surface area contributed by atoms with E-state index in [1.54, 1.807) is 0 Å². The van der Waals surface area contributed by atoms with Crippen molar-refractivity contribution in [3.05, 3.63) is 30.0 Å². The second-order valence-corrected chi connectivity index (χ2v) is 6.14. The van der Waals surface area contributed by atoms with Crippen molar-refractivity contribution in [2.24, 2.45) is 5.92 Å². The molecule has 7 nitrogen and oxygen atoms in total. The summed E-state index contributed by atoms with van der Waals surface area (Å²) >= 11 is 0. The van der Waals surface area contributed by atoms with E-state index in [9.17, 15) is 9.59 Å². The zero-order valence-electron chi connectivity index (χ0n) is 13.6. The molecular weight excluding hydrogens is 306 g/mol. The molecule has 2 aromatic rings. The lowest BCUT2D eigenvalue weighted by Crippen LogP contribution is -2.39. The lowest BCUT2D eigenvalue weighted by molar-refractivity contribution is -0.121. The van der Waals surface area contributed by atoms with Gasteiger partial charge in [0.05, 0.1) is 5.52 Å². The Morgan fingerprint density at radius 3 is 2.96 bits per heavy atom. The monoisotopic (exact) mass is 329 g/mol. The van der Waals surface area contributed by atoms with E-state index in [0.29, 0.717) is 24.7 Å². The van der Waals surface area contributed by atoms with E-state index < -0.39 is 0 Å². The summed E-state index contributed by atoms with van der Waals surface area (Å²) in [7, 11) is 0. The third-order valence-corrected chi connectivity index (χ3v) is 4.31. The first-order chi connectivity index (χ1) is 11.7. The Balaban J connectivity index is 1.40. The number of benzene rings is 1.